The molecule has 3 aromatic rings. The van der Waals surface area contributed by atoms with Gasteiger partial charge in [0, 0.05) is 6.20 Å². The van der Waals surface area contributed by atoms with Gasteiger partial charge in [-0.2, -0.15) is 0 Å². The number of anilines is 1. The van der Waals surface area contributed by atoms with Crippen LogP contribution >= 0.6 is 11.3 Å². The number of ketones is 1. The van der Waals surface area contributed by atoms with Gasteiger partial charge >= 0.3 is 0 Å². The summed E-state index contributed by atoms with van der Waals surface area (Å²) in [6, 6.07) is 15.4. The van der Waals surface area contributed by atoms with Crippen LogP contribution in [-0.2, 0) is 9.59 Å². The van der Waals surface area contributed by atoms with Crippen LogP contribution < -0.4 is 4.90 Å². The molecule has 6 rings (SSSR count). The van der Waals surface area contributed by atoms with Gasteiger partial charge in [-0.1, -0.05) is 30.3 Å². The Morgan fingerprint density at radius 2 is 1.66 bits per heavy atom. The Morgan fingerprint density at radius 3 is 2.41 bits per heavy atom. The maximum Gasteiger partial charge on any atom is 0.240 e. The predicted molar refractivity (Wildman–Crippen MR) is 118 cm³/mol. The number of carbonyl (C=O) groups is 3. The normalized spacial score (nSPS) is 25.7. The number of thiophene rings is 1. The zero-order valence-electron chi connectivity index (χ0n) is 16.7. The molecule has 0 bridgehead atoms. The topological polar surface area (TPSA) is 57.7 Å². The molecule has 158 valence electrons. The molecule has 1 aromatic heterocycles. The third-order valence-corrected chi connectivity index (χ3v) is 7.46. The van der Waals surface area contributed by atoms with Crippen LogP contribution in [0.3, 0.4) is 0 Å². The van der Waals surface area contributed by atoms with Gasteiger partial charge < -0.3 is 4.90 Å². The van der Waals surface area contributed by atoms with Gasteiger partial charge in [0.25, 0.3) is 0 Å². The van der Waals surface area contributed by atoms with E-state index in [2.05, 4.69) is 0 Å². The van der Waals surface area contributed by atoms with Crippen molar-refractivity contribution in [1.82, 2.24) is 4.90 Å². The van der Waals surface area contributed by atoms with Crippen LogP contribution in [0.5, 0.6) is 0 Å². The summed E-state index contributed by atoms with van der Waals surface area (Å²) in [6.07, 6.45) is 3.76. The molecular weight excluding hydrogens is 427 g/mol. The minimum absolute atomic E-state index is 0.163. The van der Waals surface area contributed by atoms with E-state index >= 15 is 0 Å². The standard InChI is InChI=1S/C25H17FN2O3S/c26-15-7-9-16(10-8-15)28-24(30)19-20(25(28)31)22(23(29)18-6-3-13-32-18)27-12-11-14-4-1-2-5-17(14)21(19)27/h1-13,19-22H/t19-,20+,21-,22-/m0/s1. The van der Waals surface area contributed by atoms with Gasteiger partial charge in [-0.15, -0.1) is 11.3 Å². The Hall–Kier alpha value is -3.58. The Labute approximate surface area is 187 Å². The van der Waals surface area contributed by atoms with E-state index in [-0.39, 0.29) is 11.7 Å². The fraction of sp³-hybridized carbons (Fsp3) is 0.160. The zero-order valence-corrected chi connectivity index (χ0v) is 17.5. The fourth-order valence-electron chi connectivity index (χ4n) is 5.27. The molecule has 4 atom stereocenters. The van der Waals surface area contributed by atoms with Crippen LogP contribution in [0.1, 0.15) is 26.8 Å². The summed E-state index contributed by atoms with van der Waals surface area (Å²) in [5, 5.41) is 1.82. The lowest BCUT2D eigenvalue weighted by molar-refractivity contribution is -0.123. The maximum absolute atomic E-state index is 13.7. The van der Waals surface area contributed by atoms with E-state index in [1.54, 1.807) is 12.1 Å². The van der Waals surface area contributed by atoms with Gasteiger partial charge in [0.1, 0.15) is 11.9 Å². The summed E-state index contributed by atoms with van der Waals surface area (Å²) in [7, 11) is 0. The highest BCUT2D eigenvalue weighted by Crippen LogP contribution is 2.53. The van der Waals surface area contributed by atoms with E-state index in [0.717, 1.165) is 16.0 Å². The molecule has 5 nitrogen and oxygen atoms in total. The van der Waals surface area contributed by atoms with E-state index < -0.39 is 35.6 Å². The van der Waals surface area contributed by atoms with Crippen molar-refractivity contribution in [3.63, 3.8) is 0 Å². The second-order valence-electron chi connectivity index (χ2n) is 8.16. The average molecular weight is 444 g/mol. The maximum atomic E-state index is 13.7. The lowest BCUT2D eigenvalue weighted by Gasteiger charge is -2.35. The molecule has 3 aliphatic heterocycles. The van der Waals surface area contributed by atoms with Crippen molar-refractivity contribution in [3.8, 4) is 0 Å². The predicted octanol–water partition coefficient (Wildman–Crippen LogP) is 4.29. The quantitative estimate of drug-likeness (QED) is 0.447. The fourth-order valence-corrected chi connectivity index (χ4v) is 5.96. The van der Waals surface area contributed by atoms with Crippen LogP contribution in [0, 0.1) is 17.7 Å². The number of carbonyl (C=O) groups excluding carboxylic acids is 3. The van der Waals surface area contributed by atoms with Crippen LogP contribution in [0.15, 0.2) is 72.2 Å². The third-order valence-electron chi connectivity index (χ3n) is 6.58. The summed E-state index contributed by atoms with van der Waals surface area (Å²) in [5.74, 6) is -2.90. The number of benzene rings is 2. The van der Waals surface area contributed by atoms with E-state index in [1.165, 1.54) is 35.6 Å². The molecule has 0 N–H and O–H groups in total. The van der Waals surface area contributed by atoms with Crippen molar-refractivity contribution in [1.29, 1.82) is 0 Å². The number of hydrogen-bond acceptors (Lipinski definition) is 5. The second-order valence-corrected chi connectivity index (χ2v) is 9.11. The lowest BCUT2D eigenvalue weighted by atomic mass is 9.84. The summed E-state index contributed by atoms with van der Waals surface area (Å²) in [4.78, 5) is 44.4. The number of imide groups is 1. The number of fused-ring (bicyclic) bond motifs is 5. The van der Waals surface area contributed by atoms with E-state index in [9.17, 15) is 18.8 Å². The van der Waals surface area contributed by atoms with Crippen molar-refractivity contribution >= 4 is 40.7 Å². The van der Waals surface area contributed by atoms with Crippen LogP contribution in [0.4, 0.5) is 10.1 Å². The number of halogens is 1. The van der Waals surface area contributed by atoms with Gasteiger partial charge in [-0.25, -0.2) is 9.29 Å². The van der Waals surface area contributed by atoms with E-state index in [0.29, 0.717) is 10.6 Å². The highest BCUT2D eigenvalue weighted by atomic mass is 32.1. The molecular formula is C25H17FN2O3S. The molecule has 0 unspecified atom stereocenters. The Kier molecular flexibility index (Phi) is 4.16. The van der Waals surface area contributed by atoms with Gasteiger partial charge in [0.2, 0.25) is 11.8 Å². The second kappa shape index (κ2) is 6.97. The smallest absolute Gasteiger partial charge is 0.240 e. The van der Waals surface area contributed by atoms with Gasteiger partial charge in [0.15, 0.2) is 5.78 Å². The summed E-state index contributed by atoms with van der Waals surface area (Å²) < 4.78 is 13.5. The van der Waals surface area contributed by atoms with E-state index in [1.807, 2.05) is 46.8 Å². The summed E-state index contributed by atoms with van der Waals surface area (Å²) in [5.41, 5.74) is 2.22. The average Bonchev–Trinajstić information content (AvgIpc) is 3.51. The number of amides is 2. The van der Waals surface area contributed by atoms with Crippen LogP contribution in [0.25, 0.3) is 6.08 Å². The molecule has 32 heavy (non-hydrogen) atoms. The largest absolute Gasteiger partial charge is 0.358 e. The number of rotatable bonds is 3. The lowest BCUT2D eigenvalue weighted by Crippen LogP contribution is -2.44. The van der Waals surface area contributed by atoms with Gasteiger partial charge in [-0.05, 0) is 52.9 Å². The molecule has 0 radical (unpaired) electrons. The van der Waals surface area contributed by atoms with Gasteiger partial charge in [0.05, 0.1) is 28.4 Å². The first-order valence-corrected chi connectivity index (χ1v) is 11.2. The Morgan fingerprint density at radius 1 is 0.906 bits per heavy atom. The number of hydrogen-bond donors (Lipinski definition) is 0. The molecule has 7 heteroatoms. The summed E-state index contributed by atoms with van der Waals surface area (Å²) >= 11 is 1.33. The first kappa shape index (κ1) is 19.1. The molecule has 2 amide bonds. The van der Waals surface area contributed by atoms with Crippen molar-refractivity contribution in [3.05, 3.63) is 94.1 Å². The molecule has 2 aromatic carbocycles. The minimum atomic E-state index is -0.817. The highest BCUT2D eigenvalue weighted by molar-refractivity contribution is 7.12. The molecule has 0 spiro atoms. The highest BCUT2D eigenvalue weighted by Gasteiger charge is 2.64. The summed E-state index contributed by atoms with van der Waals surface area (Å²) in [6.45, 7) is 0. The molecule has 2 fully saturated rings. The number of Topliss-reactive ketones (excluding diaryl/α,β-unsaturated/α-hetero) is 1. The first-order chi connectivity index (χ1) is 15.6. The monoisotopic (exact) mass is 444 g/mol. The Bertz CT molecular complexity index is 1280. The zero-order chi connectivity index (χ0) is 22.0. The molecule has 0 saturated carbocycles. The van der Waals surface area contributed by atoms with Crippen LogP contribution in [0.2, 0.25) is 0 Å². The van der Waals surface area contributed by atoms with Crippen LogP contribution in [-0.4, -0.2) is 28.5 Å². The minimum Gasteiger partial charge on any atom is -0.358 e. The van der Waals surface area contributed by atoms with Crippen molar-refractivity contribution in [2.75, 3.05) is 4.90 Å². The molecule has 3 aliphatic rings. The third kappa shape index (κ3) is 2.58. The van der Waals surface area contributed by atoms with E-state index in [4.69, 9.17) is 0 Å². The number of nitrogens with zero attached hydrogens (tertiary/aromatic N) is 2. The Balaban J connectivity index is 1.50. The first-order valence-electron chi connectivity index (χ1n) is 10.3. The van der Waals surface area contributed by atoms with Gasteiger partial charge in [-0.3, -0.25) is 14.4 Å². The van der Waals surface area contributed by atoms with Crippen molar-refractivity contribution in [2.24, 2.45) is 11.8 Å². The molecule has 4 heterocycles. The van der Waals surface area contributed by atoms with Crippen molar-refractivity contribution in [2.45, 2.75) is 12.1 Å². The SMILES string of the molecule is O=C(c1cccs1)[C@@H]1[C@@H]2C(=O)N(c3ccc(F)cc3)C(=O)[C@@H]2[C@@H]2c3ccccc3C=CN12. The molecule has 0 aliphatic carbocycles. The van der Waals surface area contributed by atoms with Crippen molar-refractivity contribution < 1.29 is 18.8 Å². The molecule has 2 saturated heterocycles.